The Bertz CT molecular complexity index is 464. The maximum absolute atomic E-state index is 11.8. The smallest absolute Gasteiger partial charge is 0.328 e. The number of nitrogens with one attached hydrogen (secondary N) is 1. The first-order valence-electron chi connectivity index (χ1n) is 5.03. The molecule has 0 spiro atoms. The molecule has 4 N–H and O–H groups in total. The highest BCUT2D eigenvalue weighted by Gasteiger charge is 2.20. The van der Waals surface area contributed by atoms with Crippen LogP contribution in [0, 0.1) is 3.57 Å². The van der Waals surface area contributed by atoms with Gasteiger partial charge in [0.15, 0.2) is 6.04 Å². The number of amides is 1. The van der Waals surface area contributed by atoms with E-state index < -0.39 is 17.9 Å². The summed E-state index contributed by atoms with van der Waals surface area (Å²) >= 11 is 2.00. The zero-order valence-corrected chi connectivity index (χ0v) is 11.8. The summed E-state index contributed by atoms with van der Waals surface area (Å²) in [5, 5.41) is 11.3. The summed E-state index contributed by atoms with van der Waals surface area (Å²) < 4.78 is 5.46. The Hall–Kier alpha value is -1.35. The number of methoxy groups -OCH3 is 1. The number of carbonyl (C=O) groups is 2. The lowest BCUT2D eigenvalue weighted by molar-refractivity contribution is -0.140. The van der Waals surface area contributed by atoms with Gasteiger partial charge in [-0.25, -0.2) is 4.79 Å². The molecule has 1 aromatic carbocycles. The maximum Gasteiger partial charge on any atom is 0.328 e. The largest absolute Gasteiger partial charge is 0.480 e. The van der Waals surface area contributed by atoms with E-state index >= 15 is 0 Å². The van der Waals surface area contributed by atoms with Crippen molar-refractivity contribution in [3.63, 3.8) is 0 Å². The van der Waals surface area contributed by atoms with Crippen molar-refractivity contribution in [1.82, 2.24) is 5.32 Å². The van der Waals surface area contributed by atoms with Gasteiger partial charge in [0, 0.05) is 21.9 Å². The number of benzene rings is 1. The highest BCUT2D eigenvalue weighted by Crippen LogP contribution is 2.16. The molecule has 0 saturated heterocycles. The van der Waals surface area contributed by atoms with Crippen molar-refractivity contribution in [2.45, 2.75) is 6.04 Å². The van der Waals surface area contributed by atoms with Crippen LogP contribution >= 0.6 is 22.6 Å². The number of carboxylic acids is 1. The van der Waals surface area contributed by atoms with E-state index in [1.165, 1.54) is 7.11 Å². The van der Waals surface area contributed by atoms with E-state index in [-0.39, 0.29) is 6.61 Å². The molecule has 7 heteroatoms. The van der Waals surface area contributed by atoms with E-state index in [1.54, 1.807) is 18.2 Å². The molecule has 1 amide bonds. The summed E-state index contributed by atoms with van der Waals surface area (Å²) in [5.74, 6) is -1.62. The van der Waals surface area contributed by atoms with E-state index in [4.69, 9.17) is 15.6 Å². The Labute approximate surface area is 118 Å². The standard InChI is InChI=1S/C11H13IN2O4/c1-18-5-9(11(16)17)14-10(15)6-2-3-8(13)7(12)4-6/h2-4,9H,5,13H2,1H3,(H,14,15)(H,16,17). The second kappa shape index (κ2) is 6.55. The molecule has 1 unspecified atom stereocenters. The van der Waals surface area contributed by atoms with Gasteiger partial charge in [-0.2, -0.15) is 0 Å². The summed E-state index contributed by atoms with van der Waals surface area (Å²) in [5.41, 5.74) is 6.56. The van der Waals surface area contributed by atoms with Crippen LogP contribution in [0.15, 0.2) is 18.2 Å². The first kappa shape index (κ1) is 14.7. The van der Waals surface area contributed by atoms with E-state index in [1.807, 2.05) is 22.6 Å². The zero-order valence-electron chi connectivity index (χ0n) is 9.64. The molecule has 0 aliphatic heterocycles. The van der Waals surface area contributed by atoms with Gasteiger partial charge in [-0.05, 0) is 40.8 Å². The van der Waals surface area contributed by atoms with Gasteiger partial charge in [0.05, 0.1) is 6.61 Å². The van der Waals surface area contributed by atoms with Gasteiger partial charge in [0.25, 0.3) is 5.91 Å². The number of nitrogens with two attached hydrogens (primary N) is 1. The molecule has 18 heavy (non-hydrogen) atoms. The van der Waals surface area contributed by atoms with Crippen LogP contribution in [-0.4, -0.2) is 36.7 Å². The summed E-state index contributed by atoms with van der Waals surface area (Å²) in [6.07, 6.45) is 0. The average Bonchev–Trinajstić information content (AvgIpc) is 2.31. The molecule has 6 nitrogen and oxygen atoms in total. The Morgan fingerprint density at radius 3 is 2.72 bits per heavy atom. The van der Waals surface area contributed by atoms with E-state index in [0.29, 0.717) is 11.3 Å². The van der Waals surface area contributed by atoms with Crippen LogP contribution in [0.25, 0.3) is 0 Å². The van der Waals surface area contributed by atoms with Crippen molar-refractivity contribution < 1.29 is 19.4 Å². The second-order valence-corrected chi connectivity index (χ2v) is 4.72. The molecule has 0 saturated carbocycles. The first-order valence-corrected chi connectivity index (χ1v) is 6.11. The third kappa shape index (κ3) is 3.84. The molecule has 0 heterocycles. The molecule has 1 atom stereocenters. The minimum absolute atomic E-state index is 0.0901. The molecule has 0 bridgehead atoms. The van der Waals surface area contributed by atoms with Crippen molar-refractivity contribution in [2.75, 3.05) is 19.5 Å². The highest BCUT2D eigenvalue weighted by atomic mass is 127. The summed E-state index contributed by atoms with van der Waals surface area (Å²) in [6.45, 7) is -0.0901. The number of carbonyl (C=O) groups excluding carboxylic acids is 1. The molecule has 1 aromatic rings. The fourth-order valence-electron chi connectivity index (χ4n) is 1.25. The molecule has 0 aliphatic rings. The van der Waals surface area contributed by atoms with Crippen LogP contribution in [0.5, 0.6) is 0 Å². The number of aliphatic carboxylic acids is 1. The van der Waals surface area contributed by atoms with Gasteiger partial charge >= 0.3 is 5.97 Å². The number of nitrogen functional groups attached to an aromatic ring is 1. The minimum atomic E-state index is -1.14. The fraction of sp³-hybridized carbons (Fsp3) is 0.273. The van der Waals surface area contributed by atoms with E-state index in [2.05, 4.69) is 5.32 Å². The summed E-state index contributed by atoms with van der Waals surface area (Å²) in [7, 11) is 1.37. The molecular formula is C11H13IN2O4. The lowest BCUT2D eigenvalue weighted by Gasteiger charge is -2.13. The Kier molecular flexibility index (Phi) is 5.35. The van der Waals surface area contributed by atoms with Gasteiger partial charge in [-0.15, -0.1) is 0 Å². The third-order valence-electron chi connectivity index (χ3n) is 2.20. The Morgan fingerprint density at radius 1 is 1.56 bits per heavy atom. The van der Waals surface area contributed by atoms with Crippen LogP contribution in [-0.2, 0) is 9.53 Å². The van der Waals surface area contributed by atoms with E-state index in [0.717, 1.165) is 3.57 Å². The van der Waals surface area contributed by atoms with Crippen molar-refractivity contribution in [3.05, 3.63) is 27.3 Å². The minimum Gasteiger partial charge on any atom is -0.480 e. The van der Waals surface area contributed by atoms with Gasteiger partial charge in [0.2, 0.25) is 0 Å². The fourth-order valence-corrected chi connectivity index (χ4v) is 1.77. The van der Waals surface area contributed by atoms with Gasteiger partial charge in [-0.3, -0.25) is 4.79 Å². The van der Waals surface area contributed by atoms with Gasteiger partial charge < -0.3 is 20.9 Å². The highest BCUT2D eigenvalue weighted by molar-refractivity contribution is 14.1. The average molecular weight is 364 g/mol. The number of carboxylic acid groups (broad SMARTS) is 1. The van der Waals surface area contributed by atoms with Crippen LogP contribution in [0.2, 0.25) is 0 Å². The lowest BCUT2D eigenvalue weighted by atomic mass is 10.2. The molecule has 98 valence electrons. The number of halogens is 1. The summed E-state index contributed by atoms with van der Waals surface area (Å²) in [4.78, 5) is 22.7. The number of rotatable bonds is 5. The number of hydrogen-bond donors (Lipinski definition) is 3. The number of hydrogen-bond acceptors (Lipinski definition) is 4. The molecule has 0 fully saturated rings. The van der Waals surface area contributed by atoms with E-state index in [9.17, 15) is 9.59 Å². The van der Waals surface area contributed by atoms with Crippen molar-refractivity contribution in [3.8, 4) is 0 Å². The van der Waals surface area contributed by atoms with Crippen LogP contribution < -0.4 is 11.1 Å². The zero-order chi connectivity index (χ0) is 13.7. The van der Waals surface area contributed by atoms with Gasteiger partial charge in [0.1, 0.15) is 0 Å². The second-order valence-electron chi connectivity index (χ2n) is 3.56. The summed E-state index contributed by atoms with van der Waals surface area (Å²) in [6, 6.07) is 3.66. The predicted molar refractivity (Wildman–Crippen MR) is 74.3 cm³/mol. The van der Waals surface area contributed by atoms with Crippen LogP contribution in [0.3, 0.4) is 0 Å². The van der Waals surface area contributed by atoms with Crippen molar-refractivity contribution in [2.24, 2.45) is 0 Å². The quantitative estimate of drug-likeness (QED) is 0.528. The molecule has 0 radical (unpaired) electrons. The molecule has 0 aliphatic carbocycles. The Morgan fingerprint density at radius 2 is 2.22 bits per heavy atom. The van der Waals surface area contributed by atoms with Gasteiger partial charge in [-0.1, -0.05) is 0 Å². The molecule has 0 aromatic heterocycles. The van der Waals surface area contributed by atoms with Crippen LogP contribution in [0.1, 0.15) is 10.4 Å². The van der Waals surface area contributed by atoms with Crippen molar-refractivity contribution >= 4 is 40.2 Å². The van der Waals surface area contributed by atoms with Crippen molar-refractivity contribution in [1.29, 1.82) is 0 Å². The Balaban J connectivity index is 2.80. The topological polar surface area (TPSA) is 102 Å². The molecule has 1 rings (SSSR count). The predicted octanol–water partition coefficient (Wildman–Crippen LogP) is 0.703. The molecular weight excluding hydrogens is 351 g/mol. The van der Waals surface area contributed by atoms with Crippen LogP contribution in [0.4, 0.5) is 5.69 Å². The monoisotopic (exact) mass is 364 g/mol. The SMILES string of the molecule is COCC(NC(=O)c1ccc(N)c(I)c1)C(=O)O. The number of ether oxygens (including phenoxy) is 1. The normalized spacial score (nSPS) is 11.9. The maximum atomic E-state index is 11.8. The lowest BCUT2D eigenvalue weighted by Crippen LogP contribution is -2.43. The first-order chi connectivity index (χ1) is 8.45. The third-order valence-corrected chi connectivity index (χ3v) is 3.13. The number of anilines is 1.